The van der Waals surface area contributed by atoms with E-state index in [9.17, 15) is 9.59 Å². The van der Waals surface area contributed by atoms with Gasteiger partial charge in [-0.15, -0.1) is 0 Å². The summed E-state index contributed by atoms with van der Waals surface area (Å²) in [7, 11) is 0. The summed E-state index contributed by atoms with van der Waals surface area (Å²) in [5, 5.41) is 2.29. The van der Waals surface area contributed by atoms with Gasteiger partial charge < -0.3 is 9.47 Å². The monoisotopic (exact) mass is 360 g/mol. The van der Waals surface area contributed by atoms with Crippen LogP contribution in [0.15, 0.2) is 48.5 Å². The maximum Gasteiger partial charge on any atom is 0.293 e. The SMILES string of the molecule is Cc1cc2c(cc1C)C(C(COC=O)OC=O)c1cc3ccccc3cc1-2. The standard InChI is InChI=1S/C23H20O4/c1-14-7-18-19-9-16-5-3-4-6-17(16)10-21(19)23(20(18)8-15(14)2)22(27-13-25)11-26-12-24/h3-10,12-13,22-23H,11H2,1-2H3. The molecule has 0 radical (unpaired) electrons. The number of fused-ring (bicyclic) bond motifs is 4. The summed E-state index contributed by atoms with van der Waals surface area (Å²) in [4.78, 5) is 21.9. The van der Waals surface area contributed by atoms with E-state index in [0.717, 1.165) is 33.0 Å². The molecule has 0 spiro atoms. The number of ether oxygens (including phenoxy) is 2. The van der Waals surface area contributed by atoms with Crippen LogP contribution in [0.1, 0.15) is 28.2 Å². The van der Waals surface area contributed by atoms with Crippen LogP contribution in [0, 0.1) is 13.8 Å². The average Bonchev–Trinajstić information content (AvgIpc) is 2.96. The first-order valence-electron chi connectivity index (χ1n) is 8.92. The molecule has 2 unspecified atom stereocenters. The third kappa shape index (κ3) is 2.87. The highest BCUT2D eigenvalue weighted by Gasteiger charge is 2.36. The summed E-state index contributed by atoms with van der Waals surface area (Å²) < 4.78 is 10.3. The van der Waals surface area contributed by atoms with Gasteiger partial charge in [0.15, 0.2) is 0 Å². The van der Waals surface area contributed by atoms with Crippen LogP contribution in [0.5, 0.6) is 0 Å². The second kappa shape index (κ2) is 6.88. The molecule has 1 aliphatic rings. The summed E-state index contributed by atoms with van der Waals surface area (Å²) in [6.07, 6.45) is -0.573. The van der Waals surface area contributed by atoms with Crippen molar-refractivity contribution in [2.75, 3.05) is 6.61 Å². The molecule has 4 nitrogen and oxygen atoms in total. The Labute approximate surface area is 157 Å². The van der Waals surface area contributed by atoms with Crippen molar-refractivity contribution in [3.8, 4) is 11.1 Å². The van der Waals surface area contributed by atoms with Gasteiger partial charge >= 0.3 is 0 Å². The van der Waals surface area contributed by atoms with Gasteiger partial charge in [0.25, 0.3) is 12.9 Å². The van der Waals surface area contributed by atoms with Gasteiger partial charge in [-0.2, -0.15) is 0 Å². The highest BCUT2D eigenvalue weighted by molar-refractivity contribution is 5.93. The molecule has 4 rings (SSSR count). The van der Waals surface area contributed by atoms with E-state index in [-0.39, 0.29) is 12.5 Å². The summed E-state index contributed by atoms with van der Waals surface area (Å²) in [6.45, 7) is 5.01. The largest absolute Gasteiger partial charge is 0.464 e. The van der Waals surface area contributed by atoms with E-state index in [2.05, 4.69) is 50.2 Å². The maximum absolute atomic E-state index is 11.1. The lowest BCUT2D eigenvalue weighted by molar-refractivity contribution is -0.143. The van der Waals surface area contributed by atoms with Gasteiger partial charge in [0, 0.05) is 0 Å². The van der Waals surface area contributed by atoms with Crippen molar-refractivity contribution in [3.63, 3.8) is 0 Å². The molecule has 3 aromatic carbocycles. The highest BCUT2D eigenvalue weighted by atomic mass is 16.6. The quantitative estimate of drug-likeness (QED) is 0.616. The molecule has 0 N–H and O–H groups in total. The fourth-order valence-corrected chi connectivity index (χ4v) is 4.07. The number of hydrogen-bond donors (Lipinski definition) is 0. The minimum Gasteiger partial charge on any atom is -0.464 e. The van der Waals surface area contributed by atoms with Gasteiger partial charge in [0.1, 0.15) is 12.7 Å². The predicted molar refractivity (Wildman–Crippen MR) is 104 cm³/mol. The van der Waals surface area contributed by atoms with E-state index in [1.54, 1.807) is 0 Å². The van der Waals surface area contributed by atoms with Crippen molar-refractivity contribution < 1.29 is 19.1 Å². The van der Waals surface area contributed by atoms with Crippen LogP contribution in [0.4, 0.5) is 0 Å². The van der Waals surface area contributed by atoms with E-state index in [0.29, 0.717) is 12.9 Å². The maximum atomic E-state index is 11.1. The van der Waals surface area contributed by atoms with E-state index < -0.39 is 6.10 Å². The molecule has 136 valence electrons. The Balaban J connectivity index is 1.96. The summed E-state index contributed by atoms with van der Waals surface area (Å²) in [5.74, 6) is -0.177. The Morgan fingerprint density at radius 1 is 0.889 bits per heavy atom. The van der Waals surface area contributed by atoms with Crippen molar-refractivity contribution >= 4 is 23.7 Å². The molecule has 0 saturated heterocycles. The van der Waals surface area contributed by atoms with E-state index in [1.165, 1.54) is 11.1 Å². The third-order valence-electron chi connectivity index (χ3n) is 5.47. The lowest BCUT2D eigenvalue weighted by Gasteiger charge is -2.23. The lowest BCUT2D eigenvalue weighted by Crippen LogP contribution is -2.27. The normalized spacial score (nSPS) is 15.7. The van der Waals surface area contributed by atoms with Crippen LogP contribution in [-0.4, -0.2) is 25.7 Å². The number of hydrogen-bond acceptors (Lipinski definition) is 4. The summed E-state index contributed by atoms with van der Waals surface area (Å²) in [5.41, 5.74) is 6.87. The number of aryl methyl sites for hydroxylation is 2. The molecule has 0 fully saturated rings. The minimum absolute atomic E-state index is 0.0194. The van der Waals surface area contributed by atoms with Crippen molar-refractivity contribution in [1.82, 2.24) is 0 Å². The Bertz CT molecular complexity index is 1040. The van der Waals surface area contributed by atoms with Crippen molar-refractivity contribution in [2.45, 2.75) is 25.9 Å². The molecule has 0 heterocycles. The molecule has 0 amide bonds. The topological polar surface area (TPSA) is 52.6 Å². The van der Waals surface area contributed by atoms with Gasteiger partial charge in [-0.1, -0.05) is 36.4 Å². The second-order valence-electron chi connectivity index (χ2n) is 6.99. The smallest absolute Gasteiger partial charge is 0.293 e. The van der Waals surface area contributed by atoms with Crippen LogP contribution in [0.25, 0.3) is 21.9 Å². The van der Waals surface area contributed by atoms with E-state index in [1.807, 2.05) is 12.1 Å². The van der Waals surface area contributed by atoms with Crippen molar-refractivity contribution in [3.05, 3.63) is 70.8 Å². The van der Waals surface area contributed by atoms with Gasteiger partial charge in [0.05, 0.1) is 5.92 Å². The molecule has 3 aromatic rings. The number of benzene rings is 3. The molecular weight excluding hydrogens is 340 g/mol. The zero-order valence-corrected chi connectivity index (χ0v) is 15.3. The lowest BCUT2D eigenvalue weighted by atomic mass is 9.89. The molecule has 0 saturated carbocycles. The molecule has 27 heavy (non-hydrogen) atoms. The molecule has 0 bridgehead atoms. The van der Waals surface area contributed by atoms with Gasteiger partial charge in [-0.3, -0.25) is 9.59 Å². The fourth-order valence-electron chi connectivity index (χ4n) is 4.07. The van der Waals surface area contributed by atoms with E-state index in [4.69, 9.17) is 9.47 Å². The third-order valence-corrected chi connectivity index (χ3v) is 5.47. The van der Waals surface area contributed by atoms with Gasteiger partial charge in [-0.25, -0.2) is 0 Å². The first-order chi connectivity index (χ1) is 13.1. The molecule has 0 aliphatic heterocycles. The van der Waals surface area contributed by atoms with Crippen LogP contribution in [0.3, 0.4) is 0 Å². The fraction of sp³-hybridized carbons (Fsp3) is 0.217. The molecule has 4 heteroatoms. The van der Waals surface area contributed by atoms with Gasteiger partial charge in [-0.05, 0) is 70.1 Å². The van der Waals surface area contributed by atoms with Crippen LogP contribution in [0.2, 0.25) is 0 Å². The molecule has 0 aromatic heterocycles. The van der Waals surface area contributed by atoms with Crippen LogP contribution in [-0.2, 0) is 19.1 Å². The molecular formula is C23H20O4. The highest BCUT2D eigenvalue weighted by Crippen LogP contribution is 2.49. The average molecular weight is 360 g/mol. The Morgan fingerprint density at radius 2 is 1.52 bits per heavy atom. The first-order valence-corrected chi connectivity index (χ1v) is 8.92. The Morgan fingerprint density at radius 3 is 2.22 bits per heavy atom. The van der Waals surface area contributed by atoms with Crippen molar-refractivity contribution in [2.24, 2.45) is 0 Å². The van der Waals surface area contributed by atoms with Crippen LogP contribution < -0.4 is 0 Å². The number of carbonyl (C=O) groups excluding carboxylic acids is 2. The van der Waals surface area contributed by atoms with Crippen molar-refractivity contribution in [1.29, 1.82) is 0 Å². The zero-order chi connectivity index (χ0) is 19.0. The molecule has 2 atom stereocenters. The second-order valence-corrected chi connectivity index (χ2v) is 6.99. The Kier molecular flexibility index (Phi) is 4.40. The van der Waals surface area contributed by atoms with Gasteiger partial charge in [0.2, 0.25) is 0 Å². The molecule has 1 aliphatic carbocycles. The number of rotatable bonds is 6. The zero-order valence-electron chi connectivity index (χ0n) is 15.3. The van der Waals surface area contributed by atoms with E-state index >= 15 is 0 Å². The predicted octanol–water partition coefficient (Wildman–Crippen LogP) is 4.28. The summed E-state index contributed by atoms with van der Waals surface area (Å²) in [6, 6.07) is 16.9. The first kappa shape index (κ1) is 17.3. The van der Waals surface area contributed by atoms with Crippen LogP contribution >= 0.6 is 0 Å². The number of carbonyl (C=O) groups is 2. The minimum atomic E-state index is -0.573. The summed E-state index contributed by atoms with van der Waals surface area (Å²) >= 11 is 0. The Hall–Kier alpha value is -3.14.